The van der Waals surface area contributed by atoms with Gasteiger partial charge < -0.3 is 14.9 Å². The van der Waals surface area contributed by atoms with Gasteiger partial charge in [-0.1, -0.05) is 12.1 Å². The van der Waals surface area contributed by atoms with Crippen molar-refractivity contribution < 1.29 is 24.5 Å². The summed E-state index contributed by atoms with van der Waals surface area (Å²) in [6, 6.07) is 9.36. The van der Waals surface area contributed by atoms with E-state index in [9.17, 15) is 14.7 Å². The van der Waals surface area contributed by atoms with Crippen LogP contribution in [0, 0.1) is 0 Å². The van der Waals surface area contributed by atoms with E-state index in [0.717, 1.165) is 16.2 Å². The summed E-state index contributed by atoms with van der Waals surface area (Å²) in [4.78, 5) is 22.5. The van der Waals surface area contributed by atoms with Crippen LogP contribution >= 0.6 is 11.3 Å². The van der Waals surface area contributed by atoms with E-state index in [2.05, 4.69) is 0 Å². The van der Waals surface area contributed by atoms with E-state index >= 15 is 0 Å². The summed E-state index contributed by atoms with van der Waals surface area (Å²) < 4.78 is 5.09. The largest absolute Gasteiger partial charge is 0.507 e. The maximum Gasteiger partial charge on any atom is 0.376 e. The summed E-state index contributed by atoms with van der Waals surface area (Å²) in [6.07, 6.45) is 1.39. The lowest BCUT2D eigenvalue weighted by Gasteiger charge is -2.01. The molecule has 5 nitrogen and oxygen atoms in total. The number of ketones is 1. The van der Waals surface area contributed by atoms with Crippen molar-refractivity contribution in [3.8, 4) is 5.75 Å². The molecule has 1 aromatic heterocycles. The van der Waals surface area contributed by atoms with Gasteiger partial charge in [-0.3, -0.25) is 4.79 Å². The molecule has 0 aliphatic heterocycles. The average Bonchev–Trinajstić information content (AvgIpc) is 2.96. The van der Waals surface area contributed by atoms with Crippen LogP contribution in [0.2, 0.25) is 0 Å². The van der Waals surface area contributed by atoms with E-state index < -0.39 is 11.8 Å². The van der Waals surface area contributed by atoms with Crippen LogP contribution in [0.5, 0.6) is 5.75 Å². The van der Waals surface area contributed by atoms with Crippen molar-refractivity contribution in [1.29, 1.82) is 0 Å². The first-order valence-electron chi connectivity index (χ1n) is 6.38. The molecule has 1 aromatic carbocycles. The van der Waals surface area contributed by atoms with Crippen LogP contribution in [0.1, 0.15) is 16.0 Å². The first kappa shape index (κ1) is 15.8. The van der Waals surface area contributed by atoms with Crippen LogP contribution in [0.25, 0.3) is 5.76 Å². The minimum Gasteiger partial charge on any atom is -0.507 e. The number of ether oxygens (including phenoxy) is 1. The third-order valence-corrected chi connectivity index (χ3v) is 3.90. The highest BCUT2D eigenvalue weighted by Gasteiger charge is 2.12. The molecular formula is C16H14O5S. The fraction of sp³-hybridized carbons (Fsp3) is 0.125. The van der Waals surface area contributed by atoms with Crippen LogP contribution in [0.3, 0.4) is 0 Å². The Morgan fingerprint density at radius 3 is 2.50 bits per heavy atom. The molecule has 0 saturated carbocycles. The zero-order valence-electron chi connectivity index (χ0n) is 11.8. The lowest BCUT2D eigenvalue weighted by Crippen LogP contribution is -2.09. The Kier molecular flexibility index (Phi) is 4.95. The molecule has 0 unspecified atom stereocenters. The Morgan fingerprint density at radius 2 is 1.91 bits per heavy atom. The van der Waals surface area contributed by atoms with Crippen LogP contribution in [-0.2, 0) is 16.0 Å². The van der Waals surface area contributed by atoms with Gasteiger partial charge in [0, 0.05) is 28.3 Å². The fourth-order valence-corrected chi connectivity index (χ4v) is 2.73. The molecule has 2 aromatic rings. The number of carbonyl (C=O) groups is 2. The maximum absolute atomic E-state index is 11.0. The van der Waals surface area contributed by atoms with Gasteiger partial charge in [0.1, 0.15) is 11.5 Å². The summed E-state index contributed by atoms with van der Waals surface area (Å²) in [6.45, 7) is 0. The van der Waals surface area contributed by atoms with Crippen LogP contribution < -0.4 is 4.74 Å². The predicted molar refractivity (Wildman–Crippen MR) is 83.4 cm³/mol. The predicted octanol–water partition coefficient (Wildman–Crippen LogP) is 2.90. The van der Waals surface area contributed by atoms with Crippen LogP contribution in [0.15, 0.2) is 41.8 Å². The third kappa shape index (κ3) is 3.95. The molecule has 0 spiro atoms. The van der Waals surface area contributed by atoms with E-state index in [-0.39, 0.29) is 5.76 Å². The Labute approximate surface area is 131 Å². The number of benzene rings is 1. The van der Waals surface area contributed by atoms with Gasteiger partial charge in [0.05, 0.1) is 7.11 Å². The number of carbonyl (C=O) groups excluding carboxylic acids is 1. The number of aliphatic hydroxyl groups excluding tert-OH is 1. The van der Waals surface area contributed by atoms with E-state index in [4.69, 9.17) is 9.84 Å². The van der Waals surface area contributed by atoms with Gasteiger partial charge in [0.2, 0.25) is 0 Å². The van der Waals surface area contributed by atoms with Gasteiger partial charge in [-0.2, -0.15) is 0 Å². The number of rotatable bonds is 6. The molecule has 2 N–H and O–H groups in total. The number of methoxy groups -OCH3 is 1. The van der Waals surface area contributed by atoms with Crippen molar-refractivity contribution >= 4 is 28.8 Å². The van der Waals surface area contributed by atoms with Crippen molar-refractivity contribution in [3.63, 3.8) is 0 Å². The van der Waals surface area contributed by atoms with Gasteiger partial charge in [-0.05, 0) is 23.8 Å². The molecule has 0 aliphatic carbocycles. The smallest absolute Gasteiger partial charge is 0.376 e. The van der Waals surface area contributed by atoms with E-state index in [1.807, 2.05) is 24.3 Å². The SMILES string of the molecule is COc1ccc(Cc2cc(C(O)=CC(=O)C(=O)O)cs2)cc1. The molecule has 0 amide bonds. The van der Waals surface area contributed by atoms with Crippen molar-refractivity contribution in [1.82, 2.24) is 0 Å². The second kappa shape index (κ2) is 6.91. The van der Waals surface area contributed by atoms with E-state index in [0.29, 0.717) is 18.1 Å². The summed E-state index contributed by atoms with van der Waals surface area (Å²) >= 11 is 1.43. The lowest BCUT2D eigenvalue weighted by atomic mass is 10.1. The van der Waals surface area contributed by atoms with Crippen LogP contribution in [0.4, 0.5) is 0 Å². The van der Waals surface area contributed by atoms with Gasteiger partial charge in [0.25, 0.3) is 5.78 Å². The third-order valence-electron chi connectivity index (χ3n) is 2.97. The summed E-state index contributed by atoms with van der Waals surface area (Å²) in [5.41, 5.74) is 1.52. The first-order valence-corrected chi connectivity index (χ1v) is 7.26. The Balaban J connectivity index is 2.10. The molecule has 0 saturated heterocycles. The number of aliphatic hydroxyl groups is 1. The summed E-state index contributed by atoms with van der Waals surface area (Å²) in [5.74, 6) is -2.31. The zero-order chi connectivity index (χ0) is 16.1. The standard InChI is InChI=1S/C16H14O5S/c1-21-12-4-2-10(3-5-12)6-13-7-11(9-22-13)14(17)8-15(18)16(19)20/h2-5,7-9,17H,6H2,1H3,(H,19,20). The van der Waals surface area contributed by atoms with Crippen LogP contribution in [-0.4, -0.2) is 29.1 Å². The molecule has 2 rings (SSSR count). The van der Waals surface area contributed by atoms with Crippen molar-refractivity contribution in [3.05, 3.63) is 57.8 Å². The zero-order valence-corrected chi connectivity index (χ0v) is 12.6. The van der Waals surface area contributed by atoms with Crippen molar-refractivity contribution in [2.45, 2.75) is 6.42 Å². The highest BCUT2D eigenvalue weighted by atomic mass is 32.1. The molecule has 1 heterocycles. The number of aliphatic carboxylic acids is 1. The van der Waals surface area contributed by atoms with Crippen molar-refractivity contribution in [2.24, 2.45) is 0 Å². The maximum atomic E-state index is 11.0. The molecule has 0 bridgehead atoms. The Morgan fingerprint density at radius 1 is 1.23 bits per heavy atom. The van der Waals surface area contributed by atoms with Gasteiger partial charge in [-0.15, -0.1) is 11.3 Å². The number of carboxylic acid groups (broad SMARTS) is 1. The Hall–Kier alpha value is -2.60. The summed E-state index contributed by atoms with van der Waals surface area (Å²) in [7, 11) is 1.61. The topological polar surface area (TPSA) is 83.8 Å². The molecular weight excluding hydrogens is 304 g/mol. The molecule has 114 valence electrons. The number of hydrogen-bond donors (Lipinski definition) is 2. The minimum absolute atomic E-state index is 0.343. The highest BCUT2D eigenvalue weighted by Crippen LogP contribution is 2.23. The molecule has 0 radical (unpaired) electrons. The minimum atomic E-state index is -1.60. The second-order valence-electron chi connectivity index (χ2n) is 4.53. The van der Waals surface area contributed by atoms with E-state index in [1.54, 1.807) is 18.6 Å². The molecule has 6 heteroatoms. The molecule has 0 atom stereocenters. The quantitative estimate of drug-likeness (QED) is 0.486. The second-order valence-corrected chi connectivity index (χ2v) is 5.52. The lowest BCUT2D eigenvalue weighted by molar-refractivity contribution is -0.146. The average molecular weight is 318 g/mol. The van der Waals surface area contributed by atoms with Gasteiger partial charge in [-0.25, -0.2) is 4.79 Å². The number of thiophene rings is 1. The monoisotopic (exact) mass is 318 g/mol. The molecule has 22 heavy (non-hydrogen) atoms. The first-order chi connectivity index (χ1) is 10.5. The normalized spacial score (nSPS) is 11.2. The molecule has 0 fully saturated rings. The van der Waals surface area contributed by atoms with E-state index in [1.165, 1.54) is 11.3 Å². The number of carboxylic acids is 1. The fourth-order valence-electron chi connectivity index (χ4n) is 1.82. The van der Waals surface area contributed by atoms with Crippen molar-refractivity contribution in [2.75, 3.05) is 7.11 Å². The number of hydrogen-bond acceptors (Lipinski definition) is 5. The van der Waals surface area contributed by atoms with Gasteiger partial charge >= 0.3 is 5.97 Å². The Bertz CT molecular complexity index is 712. The highest BCUT2D eigenvalue weighted by molar-refractivity contribution is 7.10. The summed E-state index contributed by atoms with van der Waals surface area (Å²) in [5, 5.41) is 19.9. The molecule has 0 aliphatic rings. The van der Waals surface area contributed by atoms with Gasteiger partial charge in [0.15, 0.2) is 0 Å².